The van der Waals surface area contributed by atoms with E-state index in [9.17, 15) is 0 Å². The van der Waals surface area contributed by atoms with Crippen LogP contribution in [0.15, 0.2) is 36.4 Å². The zero-order valence-corrected chi connectivity index (χ0v) is 19.5. The van der Waals surface area contributed by atoms with E-state index in [0.717, 1.165) is 11.1 Å². The summed E-state index contributed by atoms with van der Waals surface area (Å²) in [4.78, 5) is 0. The predicted octanol–water partition coefficient (Wildman–Crippen LogP) is -0.443. The van der Waals surface area contributed by atoms with Gasteiger partial charge in [-0.3, -0.25) is 0 Å². The number of benzene rings is 2. The van der Waals surface area contributed by atoms with Gasteiger partial charge in [0.05, 0.1) is 0 Å². The molecule has 2 aromatic rings. The van der Waals surface area contributed by atoms with Gasteiger partial charge in [-0.2, -0.15) is 42.5 Å². The van der Waals surface area contributed by atoms with Crippen molar-refractivity contribution in [3.05, 3.63) is 59.7 Å². The Balaban J connectivity index is 0.00000220. The van der Waals surface area contributed by atoms with Crippen LogP contribution in [0.2, 0.25) is 0 Å². The third kappa shape index (κ3) is 5.51. The molecule has 0 amide bonds. The maximum atomic E-state index is 3.64. The summed E-state index contributed by atoms with van der Waals surface area (Å²) in [5.41, 5.74) is 5.15. The molecule has 0 spiro atoms. The quantitative estimate of drug-likeness (QED) is 0.495. The molecule has 0 fully saturated rings. The Morgan fingerprint density at radius 3 is 1.82 bits per heavy atom. The van der Waals surface area contributed by atoms with E-state index in [1.807, 2.05) is 18.2 Å². The summed E-state index contributed by atoms with van der Waals surface area (Å²) in [6.45, 7) is 13.6. The van der Waals surface area contributed by atoms with Gasteiger partial charge in [0.25, 0.3) is 0 Å². The van der Waals surface area contributed by atoms with Crippen LogP contribution in [0.5, 0.6) is 0 Å². The van der Waals surface area contributed by atoms with Crippen molar-refractivity contribution in [1.82, 2.24) is 0 Å². The Morgan fingerprint density at radius 2 is 1.36 bits per heavy atom. The molecule has 2 rings (SSSR count). The molecule has 0 aliphatic heterocycles. The second kappa shape index (κ2) is 8.51. The monoisotopic (exact) mass is 310 g/mol. The summed E-state index contributed by atoms with van der Waals surface area (Å²) in [6, 6.07) is 19.5. The zero-order valence-electron chi connectivity index (χ0n) is 15.5. The number of hydrogen-bond donors (Lipinski definition) is 0. The van der Waals surface area contributed by atoms with Crippen molar-refractivity contribution in [3.8, 4) is 11.1 Å². The molecular formula is C20H24Na2. The van der Waals surface area contributed by atoms with Gasteiger partial charge < -0.3 is 0 Å². The van der Waals surface area contributed by atoms with Crippen LogP contribution in [0.3, 0.4) is 0 Å². The Morgan fingerprint density at radius 1 is 0.727 bits per heavy atom. The first kappa shape index (κ1) is 22.4. The molecule has 0 radical (unpaired) electrons. The summed E-state index contributed by atoms with van der Waals surface area (Å²) in [7, 11) is 0. The Labute approximate surface area is 180 Å². The first-order valence-electron chi connectivity index (χ1n) is 7.24. The van der Waals surface area contributed by atoms with Gasteiger partial charge in [0.1, 0.15) is 0 Å². The first-order chi connectivity index (χ1) is 9.19. The molecule has 0 bridgehead atoms. The SMILES string of the molecule is CC(C)(C)c1[c-]c(-c2[c-]cccc2)ccc1C(C)(C)C.[Na+].[Na+]. The summed E-state index contributed by atoms with van der Waals surface area (Å²) in [6.07, 6.45) is 0. The fourth-order valence-corrected chi connectivity index (χ4v) is 2.43. The van der Waals surface area contributed by atoms with Gasteiger partial charge in [-0.1, -0.05) is 41.5 Å². The van der Waals surface area contributed by atoms with Gasteiger partial charge in [0, 0.05) is 0 Å². The van der Waals surface area contributed by atoms with Crippen LogP contribution in [0.1, 0.15) is 52.7 Å². The van der Waals surface area contributed by atoms with Crippen molar-refractivity contribution in [2.75, 3.05) is 0 Å². The van der Waals surface area contributed by atoms with E-state index in [4.69, 9.17) is 0 Å². The maximum absolute atomic E-state index is 3.64. The van der Waals surface area contributed by atoms with E-state index in [1.165, 1.54) is 11.1 Å². The van der Waals surface area contributed by atoms with Crippen LogP contribution in [0.4, 0.5) is 0 Å². The molecule has 0 heterocycles. The molecule has 0 nitrogen and oxygen atoms in total. The van der Waals surface area contributed by atoms with Gasteiger partial charge in [-0.05, 0) is 10.8 Å². The molecule has 2 heteroatoms. The van der Waals surface area contributed by atoms with Gasteiger partial charge >= 0.3 is 59.1 Å². The van der Waals surface area contributed by atoms with E-state index in [-0.39, 0.29) is 69.9 Å². The van der Waals surface area contributed by atoms with Crippen LogP contribution in [0.25, 0.3) is 11.1 Å². The van der Waals surface area contributed by atoms with Gasteiger partial charge in [0.15, 0.2) is 0 Å². The molecule has 0 aromatic heterocycles. The standard InChI is InChI=1S/C20H24.2Na/c1-19(2,3)17-13-12-16(14-18(17)20(4,5)6)15-10-8-7-9-11-15;;/h7-10,12-13H,1-6H3;;/q-2;2*+1. The molecule has 22 heavy (non-hydrogen) atoms. The Kier molecular flexibility index (Phi) is 8.68. The number of hydrogen-bond acceptors (Lipinski definition) is 0. The molecular weight excluding hydrogens is 286 g/mol. The molecule has 0 saturated heterocycles. The summed E-state index contributed by atoms with van der Waals surface area (Å²) >= 11 is 0. The summed E-state index contributed by atoms with van der Waals surface area (Å²) in [5, 5.41) is 0. The van der Waals surface area contributed by atoms with E-state index >= 15 is 0 Å². The fraction of sp³-hybridized carbons (Fsp3) is 0.400. The van der Waals surface area contributed by atoms with E-state index in [0.29, 0.717) is 0 Å². The third-order valence-electron chi connectivity index (χ3n) is 3.50. The van der Waals surface area contributed by atoms with E-state index in [2.05, 4.69) is 71.9 Å². The largest absolute Gasteiger partial charge is 1.00 e. The number of rotatable bonds is 1. The topological polar surface area (TPSA) is 0 Å². The molecule has 0 unspecified atom stereocenters. The van der Waals surface area contributed by atoms with Crippen LogP contribution in [-0.4, -0.2) is 0 Å². The fourth-order valence-electron chi connectivity index (χ4n) is 2.43. The van der Waals surface area contributed by atoms with Crippen molar-refractivity contribution in [1.29, 1.82) is 0 Å². The van der Waals surface area contributed by atoms with Gasteiger partial charge in [-0.25, -0.2) is 11.1 Å². The van der Waals surface area contributed by atoms with Crippen molar-refractivity contribution < 1.29 is 59.1 Å². The summed E-state index contributed by atoms with van der Waals surface area (Å²) in [5.74, 6) is 0. The van der Waals surface area contributed by atoms with Crippen LogP contribution < -0.4 is 59.1 Å². The van der Waals surface area contributed by atoms with Gasteiger partial charge in [-0.15, -0.1) is 17.2 Å². The first-order valence-corrected chi connectivity index (χ1v) is 7.24. The average Bonchev–Trinajstić information content (AvgIpc) is 2.37. The Bertz CT molecular complexity index is 587. The van der Waals surface area contributed by atoms with Crippen molar-refractivity contribution >= 4 is 0 Å². The van der Waals surface area contributed by atoms with Gasteiger partial charge in [0.2, 0.25) is 0 Å². The normalized spacial score (nSPS) is 11.4. The minimum absolute atomic E-state index is 0. The Hall–Kier alpha value is 0.440. The zero-order chi connectivity index (χ0) is 15.0. The molecule has 0 aliphatic rings. The molecule has 0 atom stereocenters. The minimum atomic E-state index is 0. The van der Waals surface area contributed by atoms with Crippen LogP contribution in [-0.2, 0) is 10.8 Å². The molecule has 0 saturated carbocycles. The molecule has 2 aromatic carbocycles. The molecule has 0 N–H and O–H groups in total. The van der Waals surface area contributed by atoms with Crippen LogP contribution in [0, 0.1) is 12.1 Å². The van der Waals surface area contributed by atoms with E-state index < -0.39 is 0 Å². The second-order valence-corrected chi connectivity index (χ2v) is 7.44. The minimum Gasteiger partial charge on any atom is -0.226 e. The molecule has 0 aliphatic carbocycles. The summed E-state index contributed by atoms with van der Waals surface area (Å²) < 4.78 is 0. The third-order valence-corrected chi connectivity index (χ3v) is 3.50. The van der Waals surface area contributed by atoms with Crippen molar-refractivity contribution in [2.24, 2.45) is 0 Å². The maximum Gasteiger partial charge on any atom is 1.00 e. The molecule has 106 valence electrons. The smallest absolute Gasteiger partial charge is 0.226 e. The van der Waals surface area contributed by atoms with E-state index in [1.54, 1.807) is 0 Å². The van der Waals surface area contributed by atoms with Crippen molar-refractivity contribution in [3.63, 3.8) is 0 Å². The van der Waals surface area contributed by atoms with Crippen LogP contribution >= 0.6 is 0 Å². The average molecular weight is 310 g/mol. The second-order valence-electron chi connectivity index (χ2n) is 7.44. The van der Waals surface area contributed by atoms with Crippen molar-refractivity contribution in [2.45, 2.75) is 52.4 Å². The predicted molar refractivity (Wildman–Crippen MR) is 87.0 cm³/mol.